The number of ether oxygens (including phenoxy) is 1. The molecule has 1 unspecified atom stereocenters. The van der Waals surface area contributed by atoms with Crippen molar-refractivity contribution in [1.29, 1.82) is 0 Å². The van der Waals surface area contributed by atoms with Crippen LogP contribution in [-0.2, 0) is 37.4 Å². The van der Waals surface area contributed by atoms with Gasteiger partial charge in [-0.15, -0.1) is 0 Å². The molecule has 0 spiro atoms. The van der Waals surface area contributed by atoms with E-state index >= 15 is 0 Å². The van der Waals surface area contributed by atoms with Gasteiger partial charge in [0.05, 0.1) is 35.9 Å². The first kappa shape index (κ1) is 21.8. The van der Waals surface area contributed by atoms with Crippen molar-refractivity contribution in [3.63, 3.8) is 0 Å². The van der Waals surface area contributed by atoms with Gasteiger partial charge in [0.25, 0.3) is 0 Å². The van der Waals surface area contributed by atoms with Crippen LogP contribution in [0.3, 0.4) is 0 Å². The first-order valence-electron chi connectivity index (χ1n) is 11.7. The molecule has 1 aliphatic carbocycles. The Morgan fingerprint density at radius 3 is 2.85 bits per heavy atom. The van der Waals surface area contributed by atoms with E-state index in [4.69, 9.17) is 20.4 Å². The van der Waals surface area contributed by atoms with Gasteiger partial charge < -0.3 is 15.5 Å². The lowest BCUT2D eigenvalue weighted by Crippen LogP contribution is -2.32. The van der Waals surface area contributed by atoms with Crippen LogP contribution in [-0.4, -0.2) is 27.0 Å². The molecule has 0 fully saturated rings. The topological polar surface area (TPSA) is 80.1 Å². The van der Waals surface area contributed by atoms with Gasteiger partial charge in [0, 0.05) is 26.4 Å². The smallest absolute Gasteiger partial charge is 0.121 e. The second-order valence-corrected chi connectivity index (χ2v) is 8.80. The molecule has 3 N–H and O–H groups in total. The number of H-pyrrole nitrogens is 1. The highest BCUT2D eigenvalue weighted by molar-refractivity contribution is 5.74. The maximum Gasteiger partial charge on any atom is 0.121 e. The average molecular weight is 442 g/mol. The van der Waals surface area contributed by atoms with Crippen molar-refractivity contribution < 1.29 is 4.74 Å². The molecule has 33 heavy (non-hydrogen) atoms. The van der Waals surface area contributed by atoms with Crippen LogP contribution in [0.5, 0.6) is 0 Å². The summed E-state index contributed by atoms with van der Waals surface area (Å²) in [4.78, 5) is 15.7. The number of para-hydroxylation sites is 2. The fraction of sp³-hybridized carbons (Fsp3) is 0.333. The van der Waals surface area contributed by atoms with E-state index in [-0.39, 0.29) is 6.04 Å². The molecule has 0 aliphatic heterocycles. The number of hydrogen-bond acceptors (Lipinski definition) is 5. The molecule has 1 atom stereocenters. The Morgan fingerprint density at radius 1 is 1.09 bits per heavy atom. The highest BCUT2D eigenvalue weighted by Crippen LogP contribution is 2.35. The maximum atomic E-state index is 6.13. The van der Waals surface area contributed by atoms with E-state index in [1.807, 2.05) is 24.4 Å². The van der Waals surface area contributed by atoms with E-state index in [0.29, 0.717) is 19.7 Å². The number of imidazole rings is 1. The number of fused-ring (bicyclic) bond motifs is 2. The Hall–Kier alpha value is -3.06. The van der Waals surface area contributed by atoms with Gasteiger partial charge in [0.1, 0.15) is 5.82 Å². The van der Waals surface area contributed by atoms with Gasteiger partial charge >= 0.3 is 0 Å². The lowest BCUT2D eigenvalue weighted by Gasteiger charge is -2.35. The lowest BCUT2D eigenvalue weighted by molar-refractivity contribution is 0.152. The summed E-state index contributed by atoms with van der Waals surface area (Å²) >= 11 is 0. The van der Waals surface area contributed by atoms with Crippen LogP contribution in [0.15, 0.2) is 60.8 Å². The molecule has 2 heterocycles. The molecule has 5 rings (SSSR count). The molecule has 0 saturated heterocycles. The minimum Gasteiger partial charge on any atom is -0.380 e. The van der Waals surface area contributed by atoms with Crippen LogP contribution in [0.1, 0.15) is 52.7 Å². The summed E-state index contributed by atoms with van der Waals surface area (Å²) in [6.07, 6.45) is 5.25. The van der Waals surface area contributed by atoms with Gasteiger partial charge in [-0.1, -0.05) is 36.4 Å². The van der Waals surface area contributed by atoms with E-state index in [1.165, 1.54) is 22.4 Å². The summed E-state index contributed by atoms with van der Waals surface area (Å²) < 4.78 is 5.38. The van der Waals surface area contributed by atoms with Gasteiger partial charge in [-0.3, -0.25) is 9.88 Å². The zero-order valence-corrected chi connectivity index (χ0v) is 19.1. The van der Waals surface area contributed by atoms with Crippen LogP contribution < -0.4 is 5.73 Å². The minimum atomic E-state index is 0.236. The number of aryl methyl sites for hydroxylation is 1. The largest absolute Gasteiger partial charge is 0.380 e. The molecule has 2 aromatic heterocycles. The van der Waals surface area contributed by atoms with Crippen molar-refractivity contribution in [3.05, 3.63) is 94.6 Å². The van der Waals surface area contributed by atoms with Gasteiger partial charge in [-0.05, 0) is 59.7 Å². The van der Waals surface area contributed by atoms with Crippen LogP contribution in [0, 0.1) is 0 Å². The third-order valence-corrected chi connectivity index (χ3v) is 6.57. The number of hydrogen-bond donors (Lipinski definition) is 2. The summed E-state index contributed by atoms with van der Waals surface area (Å²) in [5, 5.41) is 0. The third kappa shape index (κ3) is 4.69. The Balaban J connectivity index is 1.52. The van der Waals surface area contributed by atoms with Gasteiger partial charge in [0.15, 0.2) is 0 Å². The molecule has 1 aliphatic rings. The van der Waals surface area contributed by atoms with Crippen molar-refractivity contribution in [2.24, 2.45) is 5.73 Å². The van der Waals surface area contributed by atoms with Crippen molar-refractivity contribution in [3.8, 4) is 0 Å². The van der Waals surface area contributed by atoms with E-state index < -0.39 is 0 Å². The molecule has 4 aromatic rings. The molecule has 6 heteroatoms. The quantitative estimate of drug-likeness (QED) is 0.416. The minimum absolute atomic E-state index is 0.236. The van der Waals surface area contributed by atoms with E-state index in [2.05, 4.69) is 46.3 Å². The van der Waals surface area contributed by atoms with Gasteiger partial charge in [-0.2, -0.15) is 0 Å². The highest BCUT2D eigenvalue weighted by Gasteiger charge is 2.28. The predicted octanol–water partition coefficient (Wildman–Crippen LogP) is 4.64. The second kappa shape index (κ2) is 9.83. The standard InChI is InChI=1S/C27H31N5O/c1-33-18-19-11-12-21(15-28)22(14-19)16-32(17-26-30-23-8-2-3-9-24(23)31-26)25-10-4-6-20-7-5-13-29-27(20)25/h2-3,5,7-9,11-14,25H,4,6,10,15-18,28H2,1H3,(H,30,31). The van der Waals surface area contributed by atoms with E-state index in [1.54, 1.807) is 7.11 Å². The fourth-order valence-electron chi connectivity index (χ4n) is 4.99. The van der Waals surface area contributed by atoms with Crippen molar-refractivity contribution in [1.82, 2.24) is 19.9 Å². The number of rotatable bonds is 8. The monoisotopic (exact) mass is 441 g/mol. The summed E-state index contributed by atoms with van der Waals surface area (Å²) in [5.41, 5.74) is 14.3. The predicted molar refractivity (Wildman–Crippen MR) is 130 cm³/mol. The summed E-state index contributed by atoms with van der Waals surface area (Å²) in [6, 6.07) is 19.2. The van der Waals surface area contributed by atoms with Crippen molar-refractivity contribution in [2.75, 3.05) is 7.11 Å². The zero-order chi connectivity index (χ0) is 22.6. The Labute approximate surface area is 194 Å². The molecule has 0 bridgehead atoms. The SMILES string of the molecule is COCc1ccc(CN)c(CN(Cc2nc3ccccc3[nH]2)C2CCCc3cccnc32)c1. The lowest BCUT2D eigenvalue weighted by atomic mass is 9.90. The third-order valence-electron chi connectivity index (χ3n) is 6.57. The molecular weight excluding hydrogens is 410 g/mol. The Kier molecular flexibility index (Phi) is 6.48. The van der Waals surface area contributed by atoms with Crippen LogP contribution in [0.4, 0.5) is 0 Å². The normalized spacial score (nSPS) is 15.8. The summed E-state index contributed by atoms with van der Waals surface area (Å²) in [7, 11) is 1.73. The molecular formula is C27H31N5O. The molecule has 0 saturated carbocycles. The maximum absolute atomic E-state index is 6.13. The van der Waals surface area contributed by atoms with Crippen molar-refractivity contribution in [2.45, 2.75) is 51.5 Å². The van der Waals surface area contributed by atoms with Crippen LogP contribution in [0.2, 0.25) is 0 Å². The van der Waals surface area contributed by atoms with Gasteiger partial charge in [-0.25, -0.2) is 4.98 Å². The second-order valence-electron chi connectivity index (χ2n) is 8.80. The first-order valence-corrected chi connectivity index (χ1v) is 11.7. The summed E-state index contributed by atoms with van der Waals surface area (Å²) in [5.74, 6) is 0.974. The van der Waals surface area contributed by atoms with Crippen molar-refractivity contribution >= 4 is 11.0 Å². The van der Waals surface area contributed by atoms with E-state index in [0.717, 1.165) is 48.2 Å². The number of aromatic amines is 1. The first-order chi connectivity index (χ1) is 16.2. The Morgan fingerprint density at radius 2 is 2.00 bits per heavy atom. The molecule has 0 amide bonds. The van der Waals surface area contributed by atoms with Crippen LogP contribution >= 0.6 is 0 Å². The fourth-order valence-corrected chi connectivity index (χ4v) is 4.99. The Bertz CT molecular complexity index is 1200. The molecule has 170 valence electrons. The highest BCUT2D eigenvalue weighted by atomic mass is 16.5. The number of benzene rings is 2. The number of aromatic nitrogens is 3. The number of methoxy groups -OCH3 is 1. The molecule has 6 nitrogen and oxygen atoms in total. The number of nitrogens with zero attached hydrogens (tertiary/aromatic N) is 3. The van der Waals surface area contributed by atoms with Gasteiger partial charge in [0.2, 0.25) is 0 Å². The molecule has 2 aromatic carbocycles. The number of pyridine rings is 1. The number of nitrogens with two attached hydrogens (primary N) is 1. The number of nitrogens with one attached hydrogen (secondary N) is 1. The summed E-state index contributed by atoms with van der Waals surface area (Å²) in [6.45, 7) is 2.60. The zero-order valence-electron chi connectivity index (χ0n) is 19.1. The molecule has 0 radical (unpaired) electrons. The van der Waals surface area contributed by atoms with E-state index in [9.17, 15) is 0 Å². The average Bonchev–Trinajstić information content (AvgIpc) is 3.26. The van der Waals surface area contributed by atoms with Crippen LogP contribution in [0.25, 0.3) is 11.0 Å².